The second-order valence-electron chi connectivity index (χ2n) is 6.06. The number of hydrogen-bond donors (Lipinski definition) is 1. The molecule has 1 aromatic rings. The van der Waals surface area contributed by atoms with Crippen molar-refractivity contribution in [3.8, 4) is 0 Å². The third kappa shape index (κ3) is 4.35. The fourth-order valence-electron chi connectivity index (χ4n) is 3.38. The maximum absolute atomic E-state index is 3.49. The number of nitrogens with one attached hydrogen (secondary N) is 1. The Morgan fingerprint density at radius 3 is 2.42 bits per heavy atom. The van der Waals surface area contributed by atoms with Gasteiger partial charge < -0.3 is 5.32 Å². The molecule has 1 N–H and O–H groups in total. The molecule has 0 spiro atoms. The molecular weight excluding hydrogens is 230 g/mol. The molecule has 0 heterocycles. The lowest BCUT2D eigenvalue weighted by Gasteiger charge is -2.19. The number of rotatable bonds is 7. The molecule has 0 aliphatic heterocycles. The van der Waals surface area contributed by atoms with E-state index in [1.165, 1.54) is 62.5 Å². The summed E-state index contributed by atoms with van der Waals surface area (Å²) in [6, 6.07) is 9.79. The maximum atomic E-state index is 3.49. The molecule has 0 bridgehead atoms. The highest BCUT2D eigenvalue weighted by atomic mass is 14.9. The summed E-state index contributed by atoms with van der Waals surface area (Å²) in [6.45, 7) is 2.24. The van der Waals surface area contributed by atoms with Gasteiger partial charge in [0.1, 0.15) is 0 Å². The summed E-state index contributed by atoms with van der Waals surface area (Å²) in [5, 5.41) is 3.49. The summed E-state index contributed by atoms with van der Waals surface area (Å²) in [4.78, 5) is 0. The number of hydrogen-bond acceptors (Lipinski definition) is 1. The lowest BCUT2D eigenvalue weighted by molar-refractivity contribution is 0.427. The molecule has 1 heteroatoms. The largest absolute Gasteiger partial charge is 0.313 e. The van der Waals surface area contributed by atoms with Crippen molar-refractivity contribution in [3.05, 3.63) is 35.4 Å². The average Bonchev–Trinajstić information content (AvgIpc) is 2.95. The third-order valence-electron chi connectivity index (χ3n) is 4.61. The lowest BCUT2D eigenvalue weighted by Crippen LogP contribution is -2.17. The van der Waals surface area contributed by atoms with Crippen LogP contribution in [0.4, 0.5) is 0 Å². The highest BCUT2D eigenvalue weighted by molar-refractivity contribution is 5.25. The van der Waals surface area contributed by atoms with Gasteiger partial charge in [0.2, 0.25) is 0 Å². The Labute approximate surface area is 118 Å². The van der Waals surface area contributed by atoms with Crippen LogP contribution >= 0.6 is 0 Å². The molecule has 0 saturated heterocycles. The van der Waals surface area contributed by atoms with Gasteiger partial charge in [-0.15, -0.1) is 0 Å². The van der Waals surface area contributed by atoms with E-state index in [1.807, 2.05) is 0 Å². The Morgan fingerprint density at radius 2 is 1.84 bits per heavy atom. The van der Waals surface area contributed by atoms with E-state index in [9.17, 15) is 0 Å². The molecular formula is C18H29N. The zero-order valence-corrected chi connectivity index (χ0v) is 12.6. The molecule has 1 saturated carbocycles. The Morgan fingerprint density at radius 1 is 1.16 bits per heavy atom. The van der Waals surface area contributed by atoms with Gasteiger partial charge >= 0.3 is 0 Å². The van der Waals surface area contributed by atoms with Crippen LogP contribution in [0.25, 0.3) is 0 Å². The summed E-state index contributed by atoms with van der Waals surface area (Å²) in [5.74, 6) is 0.996. The zero-order chi connectivity index (χ0) is 13.5. The number of benzene rings is 1. The second kappa shape index (κ2) is 7.69. The minimum atomic E-state index is 0.538. The van der Waals surface area contributed by atoms with Crippen molar-refractivity contribution in [1.29, 1.82) is 0 Å². The van der Waals surface area contributed by atoms with Crippen molar-refractivity contribution >= 4 is 0 Å². The van der Waals surface area contributed by atoms with E-state index in [0.717, 1.165) is 5.92 Å². The van der Waals surface area contributed by atoms with E-state index in [0.29, 0.717) is 6.04 Å². The summed E-state index contributed by atoms with van der Waals surface area (Å²) >= 11 is 0. The first-order chi connectivity index (χ1) is 9.33. The van der Waals surface area contributed by atoms with Crippen molar-refractivity contribution in [2.75, 3.05) is 7.05 Å². The predicted octanol–water partition coefficient (Wildman–Crippen LogP) is 4.87. The average molecular weight is 259 g/mol. The van der Waals surface area contributed by atoms with Gasteiger partial charge in [-0.1, -0.05) is 63.3 Å². The molecule has 19 heavy (non-hydrogen) atoms. The van der Waals surface area contributed by atoms with Gasteiger partial charge in [0.15, 0.2) is 0 Å². The summed E-state index contributed by atoms with van der Waals surface area (Å²) in [5.41, 5.74) is 2.93. The Bertz CT molecular complexity index is 348. The smallest absolute Gasteiger partial charge is 0.0317 e. The van der Waals surface area contributed by atoms with Gasteiger partial charge in [-0.05, 0) is 43.4 Å². The summed E-state index contributed by atoms with van der Waals surface area (Å²) in [6.07, 6.45) is 11.0. The molecule has 1 atom stereocenters. The first-order valence-corrected chi connectivity index (χ1v) is 8.09. The maximum Gasteiger partial charge on any atom is 0.0317 e. The van der Waals surface area contributed by atoms with E-state index in [1.54, 1.807) is 0 Å². The highest BCUT2D eigenvalue weighted by Crippen LogP contribution is 2.31. The van der Waals surface area contributed by atoms with E-state index in [4.69, 9.17) is 0 Å². The van der Waals surface area contributed by atoms with Gasteiger partial charge in [-0.3, -0.25) is 0 Å². The molecule has 1 unspecified atom stereocenters. The molecule has 1 nitrogen and oxygen atoms in total. The van der Waals surface area contributed by atoms with Gasteiger partial charge in [0, 0.05) is 6.04 Å². The van der Waals surface area contributed by atoms with Crippen molar-refractivity contribution in [2.45, 2.75) is 64.3 Å². The monoisotopic (exact) mass is 259 g/mol. The van der Waals surface area contributed by atoms with Crippen molar-refractivity contribution in [2.24, 2.45) is 5.92 Å². The van der Waals surface area contributed by atoms with Gasteiger partial charge in [0.05, 0.1) is 0 Å². The third-order valence-corrected chi connectivity index (χ3v) is 4.61. The first-order valence-electron chi connectivity index (χ1n) is 8.09. The Kier molecular flexibility index (Phi) is 5.91. The molecule has 0 amide bonds. The highest BCUT2D eigenvalue weighted by Gasteiger charge is 2.17. The van der Waals surface area contributed by atoms with E-state index in [-0.39, 0.29) is 0 Å². The number of aryl methyl sites for hydroxylation is 1. The minimum Gasteiger partial charge on any atom is -0.313 e. The molecule has 0 aromatic heterocycles. The van der Waals surface area contributed by atoms with Crippen LogP contribution in [0, 0.1) is 5.92 Å². The fourth-order valence-corrected chi connectivity index (χ4v) is 3.38. The van der Waals surface area contributed by atoms with Crippen LogP contribution in [0.2, 0.25) is 0 Å². The van der Waals surface area contributed by atoms with Crippen molar-refractivity contribution in [3.63, 3.8) is 0 Å². The second-order valence-corrected chi connectivity index (χ2v) is 6.06. The van der Waals surface area contributed by atoms with E-state index >= 15 is 0 Å². The van der Waals surface area contributed by atoms with Crippen LogP contribution < -0.4 is 5.32 Å². The fraction of sp³-hybridized carbons (Fsp3) is 0.667. The van der Waals surface area contributed by atoms with Crippen LogP contribution in [0.15, 0.2) is 24.3 Å². The molecule has 1 aliphatic rings. The molecule has 0 radical (unpaired) electrons. The minimum absolute atomic E-state index is 0.538. The van der Waals surface area contributed by atoms with Crippen molar-refractivity contribution in [1.82, 2.24) is 5.32 Å². The van der Waals surface area contributed by atoms with Crippen LogP contribution in [-0.4, -0.2) is 7.05 Å². The normalized spacial score (nSPS) is 17.8. The van der Waals surface area contributed by atoms with Crippen LogP contribution in [0.5, 0.6) is 0 Å². The van der Waals surface area contributed by atoms with Gasteiger partial charge in [0.25, 0.3) is 0 Å². The van der Waals surface area contributed by atoms with E-state index < -0.39 is 0 Å². The predicted molar refractivity (Wildman–Crippen MR) is 83.4 cm³/mol. The van der Waals surface area contributed by atoms with Gasteiger partial charge in [-0.25, -0.2) is 0 Å². The molecule has 2 rings (SSSR count). The SMILES string of the molecule is CCCc1ccc(C(CCC2CCCC2)NC)cc1. The van der Waals surface area contributed by atoms with Gasteiger partial charge in [-0.2, -0.15) is 0 Å². The van der Waals surface area contributed by atoms with Crippen LogP contribution in [-0.2, 0) is 6.42 Å². The molecule has 1 aromatic carbocycles. The summed E-state index contributed by atoms with van der Waals surface area (Å²) < 4.78 is 0. The van der Waals surface area contributed by atoms with Crippen molar-refractivity contribution < 1.29 is 0 Å². The van der Waals surface area contributed by atoms with E-state index in [2.05, 4.69) is 43.6 Å². The quantitative estimate of drug-likeness (QED) is 0.736. The Balaban J connectivity index is 1.88. The standard InChI is InChI=1S/C18H29N/c1-3-6-15-9-12-17(13-10-15)18(19-2)14-11-16-7-4-5-8-16/h9-10,12-13,16,18-19H,3-8,11,14H2,1-2H3. The van der Waals surface area contributed by atoms with Crippen LogP contribution in [0.3, 0.4) is 0 Å². The van der Waals surface area contributed by atoms with Crippen LogP contribution in [0.1, 0.15) is 69.0 Å². The topological polar surface area (TPSA) is 12.0 Å². The first kappa shape index (κ1) is 14.6. The summed E-state index contributed by atoms with van der Waals surface area (Å²) in [7, 11) is 2.10. The lowest BCUT2D eigenvalue weighted by atomic mass is 9.94. The molecule has 106 valence electrons. The zero-order valence-electron chi connectivity index (χ0n) is 12.6. The molecule has 1 fully saturated rings. The molecule has 1 aliphatic carbocycles. The Hall–Kier alpha value is -0.820.